The van der Waals surface area contributed by atoms with E-state index in [1.54, 1.807) is 6.92 Å². The summed E-state index contributed by atoms with van der Waals surface area (Å²) >= 11 is 0. The molecular weight excluding hydrogens is 224 g/mol. The topological polar surface area (TPSA) is 9.23 Å². The second-order valence-corrected chi connectivity index (χ2v) is 3.54. The molecule has 0 aliphatic rings. The van der Waals surface area contributed by atoms with Crippen molar-refractivity contribution in [2.45, 2.75) is 32.5 Å². The normalized spacial score (nSPS) is 13.6. The Morgan fingerprint density at radius 2 is 1.94 bits per heavy atom. The van der Waals surface area contributed by atoms with Gasteiger partial charge < -0.3 is 4.74 Å². The molecule has 0 radical (unpaired) electrons. The van der Waals surface area contributed by atoms with E-state index in [0.717, 1.165) is 18.2 Å². The van der Waals surface area contributed by atoms with Gasteiger partial charge in [0.25, 0.3) is 0 Å². The van der Waals surface area contributed by atoms with E-state index in [2.05, 4.69) is 4.74 Å². The van der Waals surface area contributed by atoms with Crippen LogP contribution < -0.4 is 4.74 Å². The summed E-state index contributed by atoms with van der Waals surface area (Å²) in [5, 5.41) is 0. The highest BCUT2D eigenvalue weighted by atomic mass is 19.4. The van der Waals surface area contributed by atoms with Gasteiger partial charge >= 0.3 is 6.36 Å². The molecule has 1 aromatic rings. The van der Waals surface area contributed by atoms with Crippen molar-refractivity contribution in [3.8, 4) is 5.75 Å². The lowest BCUT2D eigenvalue weighted by molar-refractivity contribution is -0.274. The fourth-order valence-corrected chi connectivity index (χ4v) is 1.32. The Balaban J connectivity index is 2.98. The predicted octanol–water partition coefficient (Wildman–Crippen LogP) is 4.24. The zero-order chi connectivity index (χ0) is 12.3. The molecule has 0 amide bonds. The first-order chi connectivity index (χ1) is 7.33. The van der Waals surface area contributed by atoms with Crippen LogP contribution in [0.15, 0.2) is 18.2 Å². The van der Waals surface area contributed by atoms with Gasteiger partial charge in [0.2, 0.25) is 0 Å². The van der Waals surface area contributed by atoms with Crippen LogP contribution in [0, 0.1) is 5.82 Å². The third-order valence-corrected chi connectivity index (χ3v) is 2.34. The van der Waals surface area contributed by atoms with Crippen LogP contribution in [-0.2, 0) is 0 Å². The molecule has 16 heavy (non-hydrogen) atoms. The number of hydrogen-bond donors (Lipinski definition) is 0. The maximum absolute atomic E-state index is 13.3. The van der Waals surface area contributed by atoms with Crippen LogP contribution >= 0.6 is 0 Å². The Kier molecular flexibility index (Phi) is 3.78. The summed E-state index contributed by atoms with van der Waals surface area (Å²) < 4.78 is 52.9. The number of halogens is 4. The molecule has 0 aliphatic carbocycles. The molecule has 0 aromatic heterocycles. The van der Waals surface area contributed by atoms with Crippen LogP contribution in [0.4, 0.5) is 17.6 Å². The lowest BCUT2D eigenvalue weighted by Crippen LogP contribution is -2.17. The van der Waals surface area contributed by atoms with Crippen molar-refractivity contribution >= 4 is 0 Å². The zero-order valence-electron chi connectivity index (χ0n) is 8.94. The molecule has 0 spiro atoms. The average molecular weight is 236 g/mol. The van der Waals surface area contributed by atoms with Crippen LogP contribution in [0.5, 0.6) is 5.75 Å². The first kappa shape index (κ1) is 12.8. The van der Waals surface area contributed by atoms with E-state index in [1.165, 1.54) is 0 Å². The molecule has 0 bridgehead atoms. The monoisotopic (exact) mass is 236 g/mol. The first-order valence-corrected chi connectivity index (χ1v) is 4.88. The van der Waals surface area contributed by atoms with Crippen LogP contribution in [-0.4, -0.2) is 6.36 Å². The summed E-state index contributed by atoms with van der Waals surface area (Å²) in [5.74, 6) is -1.04. The largest absolute Gasteiger partial charge is 0.573 e. The van der Waals surface area contributed by atoms with Gasteiger partial charge in [-0.05, 0) is 36.1 Å². The second kappa shape index (κ2) is 4.72. The van der Waals surface area contributed by atoms with Gasteiger partial charge in [-0.1, -0.05) is 13.8 Å². The lowest BCUT2D eigenvalue weighted by Gasteiger charge is -2.13. The fourth-order valence-electron chi connectivity index (χ4n) is 1.32. The summed E-state index contributed by atoms with van der Waals surface area (Å²) in [4.78, 5) is 0. The molecule has 0 saturated carbocycles. The van der Waals surface area contributed by atoms with Gasteiger partial charge in [0.05, 0.1) is 0 Å². The van der Waals surface area contributed by atoms with Gasteiger partial charge in [-0.2, -0.15) is 0 Å². The Morgan fingerprint density at radius 3 is 2.44 bits per heavy atom. The minimum absolute atomic E-state index is 0.142. The Labute approximate surface area is 91.0 Å². The molecule has 90 valence electrons. The second-order valence-electron chi connectivity index (χ2n) is 3.54. The molecule has 0 saturated heterocycles. The molecule has 0 unspecified atom stereocenters. The number of hydrogen-bond acceptors (Lipinski definition) is 1. The molecule has 1 rings (SSSR count). The van der Waals surface area contributed by atoms with Gasteiger partial charge in [-0.25, -0.2) is 4.39 Å². The molecule has 1 nitrogen and oxygen atoms in total. The predicted molar refractivity (Wildman–Crippen MR) is 51.8 cm³/mol. The summed E-state index contributed by atoms with van der Waals surface area (Å²) in [6.45, 7) is 3.58. The number of benzene rings is 1. The van der Waals surface area contributed by atoms with Gasteiger partial charge in [0.1, 0.15) is 11.6 Å². The number of rotatable bonds is 3. The van der Waals surface area contributed by atoms with E-state index in [9.17, 15) is 17.6 Å². The van der Waals surface area contributed by atoms with E-state index in [-0.39, 0.29) is 17.2 Å². The molecular formula is C11H12F4O. The number of alkyl halides is 3. The quantitative estimate of drug-likeness (QED) is 0.713. The smallest absolute Gasteiger partial charge is 0.406 e. The van der Waals surface area contributed by atoms with Crippen molar-refractivity contribution < 1.29 is 22.3 Å². The molecule has 1 atom stereocenters. The van der Waals surface area contributed by atoms with Crippen molar-refractivity contribution in [3.05, 3.63) is 29.6 Å². The number of ether oxygens (including phenoxy) is 1. The van der Waals surface area contributed by atoms with Crippen LogP contribution in [0.25, 0.3) is 0 Å². The van der Waals surface area contributed by atoms with Crippen molar-refractivity contribution in [2.75, 3.05) is 0 Å². The standard InChI is InChI=1S/C11H12F4O/c1-3-7(2)9-6-8(4-5-10(9)12)16-11(13,14)15/h4-7H,3H2,1-2H3/t7-/m1/s1. The van der Waals surface area contributed by atoms with Crippen molar-refractivity contribution in [1.29, 1.82) is 0 Å². The van der Waals surface area contributed by atoms with Crippen molar-refractivity contribution in [1.82, 2.24) is 0 Å². The van der Waals surface area contributed by atoms with Gasteiger partial charge in [0, 0.05) is 0 Å². The Bertz CT molecular complexity index is 359. The van der Waals surface area contributed by atoms with Crippen LogP contribution in [0.3, 0.4) is 0 Å². The van der Waals surface area contributed by atoms with E-state index < -0.39 is 12.2 Å². The highest BCUT2D eigenvalue weighted by Crippen LogP contribution is 2.29. The summed E-state index contributed by atoms with van der Waals surface area (Å²) in [6.07, 6.45) is -4.10. The summed E-state index contributed by atoms with van der Waals surface area (Å²) in [5.41, 5.74) is 0.240. The van der Waals surface area contributed by atoms with Crippen LogP contribution in [0.2, 0.25) is 0 Å². The van der Waals surface area contributed by atoms with E-state index >= 15 is 0 Å². The molecule has 5 heteroatoms. The third kappa shape index (κ3) is 3.40. The minimum Gasteiger partial charge on any atom is -0.406 e. The van der Waals surface area contributed by atoms with E-state index in [1.807, 2.05) is 6.92 Å². The molecule has 0 aliphatic heterocycles. The van der Waals surface area contributed by atoms with Gasteiger partial charge in [-0.15, -0.1) is 13.2 Å². The van der Waals surface area contributed by atoms with Crippen LogP contribution in [0.1, 0.15) is 31.7 Å². The minimum atomic E-state index is -4.75. The fraction of sp³-hybridized carbons (Fsp3) is 0.455. The van der Waals surface area contributed by atoms with Crippen molar-refractivity contribution in [2.24, 2.45) is 0 Å². The molecule has 0 heterocycles. The Hall–Kier alpha value is -1.26. The third-order valence-electron chi connectivity index (χ3n) is 2.34. The van der Waals surface area contributed by atoms with E-state index in [0.29, 0.717) is 6.42 Å². The maximum atomic E-state index is 13.3. The maximum Gasteiger partial charge on any atom is 0.573 e. The molecule has 1 aromatic carbocycles. The van der Waals surface area contributed by atoms with E-state index in [4.69, 9.17) is 0 Å². The molecule has 0 fully saturated rings. The van der Waals surface area contributed by atoms with Gasteiger partial charge in [-0.3, -0.25) is 0 Å². The Morgan fingerprint density at radius 1 is 1.31 bits per heavy atom. The summed E-state index contributed by atoms with van der Waals surface area (Å²) in [6, 6.07) is 3.05. The zero-order valence-corrected chi connectivity index (χ0v) is 8.94. The first-order valence-electron chi connectivity index (χ1n) is 4.88. The van der Waals surface area contributed by atoms with Gasteiger partial charge in [0.15, 0.2) is 0 Å². The van der Waals surface area contributed by atoms with Crippen molar-refractivity contribution in [3.63, 3.8) is 0 Å². The lowest BCUT2D eigenvalue weighted by atomic mass is 9.98. The highest BCUT2D eigenvalue weighted by Gasteiger charge is 2.31. The highest BCUT2D eigenvalue weighted by molar-refractivity contribution is 5.32. The average Bonchev–Trinajstić information content (AvgIpc) is 2.18. The SMILES string of the molecule is CC[C@@H](C)c1cc(OC(F)(F)F)ccc1F. The summed E-state index contributed by atoms with van der Waals surface area (Å²) in [7, 11) is 0. The molecule has 0 N–H and O–H groups in total.